The molecule has 1 aliphatic carbocycles. The minimum Gasteiger partial charge on any atom is -0.352 e. The quantitative estimate of drug-likeness (QED) is 0.892. The van der Waals surface area contributed by atoms with Gasteiger partial charge >= 0.3 is 0 Å². The maximum absolute atomic E-state index is 13.4. The average molecular weight is 287 g/mol. The summed E-state index contributed by atoms with van der Waals surface area (Å²) in [6.07, 6.45) is 2.97. The van der Waals surface area contributed by atoms with Crippen molar-refractivity contribution in [1.82, 2.24) is 5.32 Å². The second-order valence-electron chi connectivity index (χ2n) is 4.84. The molecule has 1 aromatic rings. The van der Waals surface area contributed by atoms with Crippen molar-refractivity contribution in [3.8, 4) is 0 Å². The third-order valence-corrected chi connectivity index (χ3v) is 3.71. The van der Waals surface area contributed by atoms with Crippen molar-refractivity contribution in [2.45, 2.75) is 25.8 Å². The molecular formula is C14H20ClFN2O. The van der Waals surface area contributed by atoms with Gasteiger partial charge in [-0.1, -0.05) is 24.6 Å². The van der Waals surface area contributed by atoms with E-state index >= 15 is 0 Å². The zero-order valence-electron chi connectivity index (χ0n) is 10.8. The highest BCUT2D eigenvalue weighted by Crippen LogP contribution is 2.30. The fraction of sp³-hybridized carbons (Fsp3) is 0.500. The van der Waals surface area contributed by atoms with Crippen LogP contribution in [0.15, 0.2) is 24.3 Å². The summed E-state index contributed by atoms with van der Waals surface area (Å²) in [5, 5.41) is 2.81. The van der Waals surface area contributed by atoms with Gasteiger partial charge in [0.1, 0.15) is 5.82 Å². The highest BCUT2D eigenvalue weighted by Gasteiger charge is 2.31. The summed E-state index contributed by atoms with van der Waals surface area (Å²) in [5.74, 6) is 0.0122. The second-order valence-corrected chi connectivity index (χ2v) is 4.84. The molecule has 0 spiro atoms. The van der Waals surface area contributed by atoms with Crippen LogP contribution < -0.4 is 11.1 Å². The lowest BCUT2D eigenvalue weighted by atomic mass is 9.95. The summed E-state index contributed by atoms with van der Waals surface area (Å²) in [6, 6.07) is 6.50. The summed E-state index contributed by atoms with van der Waals surface area (Å²) < 4.78 is 13.4. The van der Waals surface area contributed by atoms with Crippen LogP contribution in [0.4, 0.5) is 4.39 Å². The Morgan fingerprint density at radius 2 is 2.11 bits per heavy atom. The predicted molar refractivity (Wildman–Crippen MR) is 75.4 cm³/mol. The molecule has 0 bridgehead atoms. The molecule has 3 nitrogen and oxygen atoms in total. The van der Waals surface area contributed by atoms with Crippen molar-refractivity contribution in [1.29, 1.82) is 0 Å². The Bertz CT molecular complexity index is 428. The lowest BCUT2D eigenvalue weighted by Crippen LogP contribution is -2.34. The normalized spacial score (nSPS) is 21.8. The minimum absolute atomic E-state index is 0. The molecule has 0 radical (unpaired) electrons. The van der Waals surface area contributed by atoms with E-state index in [0.717, 1.165) is 19.3 Å². The Labute approximate surface area is 119 Å². The smallest absolute Gasteiger partial charge is 0.223 e. The Hall–Kier alpha value is -1.13. The van der Waals surface area contributed by atoms with Crippen LogP contribution in [0.25, 0.3) is 0 Å². The zero-order chi connectivity index (χ0) is 13.0. The molecule has 0 heterocycles. The molecule has 0 aromatic heterocycles. The van der Waals surface area contributed by atoms with Gasteiger partial charge in [-0.2, -0.15) is 0 Å². The molecule has 3 N–H and O–H groups in total. The first-order valence-corrected chi connectivity index (χ1v) is 6.43. The van der Waals surface area contributed by atoms with Gasteiger partial charge in [-0.15, -0.1) is 12.4 Å². The molecule has 2 atom stereocenters. The van der Waals surface area contributed by atoms with E-state index in [-0.39, 0.29) is 42.5 Å². The van der Waals surface area contributed by atoms with Gasteiger partial charge in [0, 0.05) is 18.0 Å². The molecule has 0 unspecified atom stereocenters. The minimum atomic E-state index is -0.278. The van der Waals surface area contributed by atoms with Crippen LogP contribution in [-0.4, -0.2) is 12.5 Å². The highest BCUT2D eigenvalue weighted by atomic mass is 35.5. The van der Waals surface area contributed by atoms with Crippen LogP contribution in [0.5, 0.6) is 0 Å². The zero-order valence-corrected chi connectivity index (χ0v) is 11.6. The Morgan fingerprint density at radius 3 is 2.79 bits per heavy atom. The van der Waals surface area contributed by atoms with Crippen LogP contribution in [0.1, 0.15) is 24.8 Å². The second kappa shape index (κ2) is 7.46. The number of carbonyl (C=O) groups is 1. The number of nitrogens with one attached hydrogen (secondary N) is 1. The molecule has 5 heteroatoms. The molecule has 1 saturated carbocycles. The molecule has 2 rings (SSSR count). The van der Waals surface area contributed by atoms with E-state index in [0.29, 0.717) is 12.1 Å². The molecular weight excluding hydrogens is 267 g/mol. The number of rotatable bonds is 4. The van der Waals surface area contributed by atoms with Crippen LogP contribution in [0.2, 0.25) is 0 Å². The first-order valence-electron chi connectivity index (χ1n) is 6.43. The number of hydrogen-bond acceptors (Lipinski definition) is 2. The van der Waals surface area contributed by atoms with Crippen LogP contribution in [0.3, 0.4) is 0 Å². The average Bonchev–Trinajstić information content (AvgIpc) is 2.86. The molecule has 1 amide bonds. The first kappa shape index (κ1) is 15.9. The molecule has 0 saturated heterocycles. The van der Waals surface area contributed by atoms with Crippen molar-refractivity contribution in [3.05, 3.63) is 35.6 Å². The number of halogens is 2. The number of amides is 1. The van der Waals surface area contributed by atoms with Gasteiger partial charge < -0.3 is 11.1 Å². The van der Waals surface area contributed by atoms with Crippen molar-refractivity contribution in [2.24, 2.45) is 17.6 Å². The molecule has 1 aromatic carbocycles. The summed E-state index contributed by atoms with van der Waals surface area (Å²) in [7, 11) is 0. The third kappa shape index (κ3) is 3.91. The van der Waals surface area contributed by atoms with Crippen molar-refractivity contribution >= 4 is 18.3 Å². The van der Waals surface area contributed by atoms with Crippen LogP contribution in [-0.2, 0) is 11.3 Å². The van der Waals surface area contributed by atoms with Gasteiger partial charge in [-0.05, 0) is 31.4 Å². The monoisotopic (exact) mass is 286 g/mol. The van der Waals surface area contributed by atoms with Gasteiger partial charge in [0.05, 0.1) is 0 Å². The first-order chi connectivity index (χ1) is 8.72. The topological polar surface area (TPSA) is 55.1 Å². The number of hydrogen-bond donors (Lipinski definition) is 2. The van der Waals surface area contributed by atoms with Crippen LogP contribution >= 0.6 is 12.4 Å². The fourth-order valence-corrected chi connectivity index (χ4v) is 2.62. The molecule has 106 valence electrons. The van der Waals surface area contributed by atoms with E-state index < -0.39 is 0 Å². The predicted octanol–water partition coefficient (Wildman–Crippen LogP) is 2.24. The largest absolute Gasteiger partial charge is 0.352 e. The highest BCUT2D eigenvalue weighted by molar-refractivity contribution is 5.85. The maximum atomic E-state index is 13.4. The number of benzene rings is 1. The molecule has 1 aliphatic rings. The Balaban J connectivity index is 0.00000180. The van der Waals surface area contributed by atoms with Crippen molar-refractivity contribution in [3.63, 3.8) is 0 Å². The van der Waals surface area contributed by atoms with Gasteiger partial charge in [0.2, 0.25) is 5.91 Å². The Kier molecular flexibility index (Phi) is 6.25. The molecule has 0 aliphatic heterocycles. The lowest BCUT2D eigenvalue weighted by molar-refractivity contribution is -0.126. The van der Waals surface area contributed by atoms with Gasteiger partial charge in [-0.3, -0.25) is 4.79 Å². The van der Waals surface area contributed by atoms with E-state index in [1.807, 2.05) is 0 Å². The third-order valence-electron chi connectivity index (χ3n) is 3.71. The van der Waals surface area contributed by atoms with Crippen LogP contribution in [0, 0.1) is 17.7 Å². The molecule has 19 heavy (non-hydrogen) atoms. The van der Waals surface area contributed by atoms with E-state index in [9.17, 15) is 9.18 Å². The fourth-order valence-electron chi connectivity index (χ4n) is 2.62. The lowest BCUT2D eigenvalue weighted by Gasteiger charge is -2.17. The summed E-state index contributed by atoms with van der Waals surface area (Å²) in [6.45, 7) is 0.803. The van der Waals surface area contributed by atoms with Crippen molar-refractivity contribution < 1.29 is 9.18 Å². The number of carbonyl (C=O) groups excluding carboxylic acids is 1. The van der Waals surface area contributed by atoms with E-state index in [1.54, 1.807) is 18.2 Å². The van der Waals surface area contributed by atoms with E-state index in [4.69, 9.17) is 5.73 Å². The summed E-state index contributed by atoms with van der Waals surface area (Å²) in [5.41, 5.74) is 6.17. The number of nitrogens with two attached hydrogens (primary N) is 1. The van der Waals surface area contributed by atoms with Gasteiger partial charge in [0.15, 0.2) is 0 Å². The maximum Gasteiger partial charge on any atom is 0.223 e. The van der Waals surface area contributed by atoms with E-state index in [2.05, 4.69) is 5.32 Å². The van der Waals surface area contributed by atoms with Crippen molar-refractivity contribution in [2.75, 3.05) is 6.54 Å². The Morgan fingerprint density at radius 1 is 1.37 bits per heavy atom. The summed E-state index contributed by atoms with van der Waals surface area (Å²) >= 11 is 0. The van der Waals surface area contributed by atoms with Gasteiger partial charge in [0.25, 0.3) is 0 Å². The standard InChI is InChI=1S/C14H19FN2O.ClH/c15-13-7-2-1-4-11(13)9-17-14(18)12-6-3-5-10(12)8-16;/h1-2,4,7,10,12H,3,5-6,8-9,16H2,(H,17,18);1H/t10-,12-;/m1./s1. The summed E-state index contributed by atoms with van der Waals surface area (Å²) in [4.78, 5) is 12.0. The van der Waals surface area contributed by atoms with Gasteiger partial charge in [-0.25, -0.2) is 4.39 Å². The molecule has 1 fully saturated rings. The SMILES string of the molecule is Cl.NC[C@H]1CCC[C@H]1C(=O)NCc1ccccc1F. The van der Waals surface area contributed by atoms with E-state index in [1.165, 1.54) is 6.07 Å².